The Morgan fingerprint density at radius 2 is 1.96 bits per heavy atom. The average molecular weight is 358 g/mol. The van der Waals surface area contributed by atoms with Crippen LogP contribution >= 0.6 is 0 Å². The van der Waals surface area contributed by atoms with Gasteiger partial charge in [0.1, 0.15) is 5.76 Å². The molecule has 0 aliphatic heterocycles. The Labute approximate surface area is 135 Å². The van der Waals surface area contributed by atoms with Crippen LogP contribution in [0.25, 0.3) is 0 Å². The minimum Gasteiger partial charge on any atom is -0.396 e. The lowest BCUT2D eigenvalue weighted by molar-refractivity contribution is -0.0535. The molecule has 1 saturated carbocycles. The van der Waals surface area contributed by atoms with E-state index in [2.05, 4.69) is 4.18 Å². The average Bonchev–Trinajstić information content (AvgIpc) is 2.78. The third-order valence-corrected chi connectivity index (χ3v) is 5.85. The Kier molecular flexibility index (Phi) is 6.55. The summed E-state index contributed by atoms with van der Waals surface area (Å²) in [4.78, 5) is 0. The van der Waals surface area contributed by atoms with Crippen LogP contribution in [0.1, 0.15) is 52.9 Å². The number of halogens is 3. The first-order valence-corrected chi connectivity index (χ1v) is 9.34. The molecule has 2 aliphatic carbocycles. The molecule has 1 fully saturated rings. The molecule has 4 nitrogen and oxygen atoms in total. The maximum absolute atomic E-state index is 12.5. The molecule has 136 valence electrons. The van der Waals surface area contributed by atoms with Gasteiger partial charge in [0, 0.05) is 12.5 Å². The molecule has 2 rings (SSSR count). The molecule has 0 amide bonds. The third-order valence-electron chi connectivity index (χ3n) is 4.87. The summed E-state index contributed by atoms with van der Waals surface area (Å²) in [5.41, 5.74) is -5.72. The summed E-state index contributed by atoms with van der Waals surface area (Å²) < 4.78 is 64.1. The molecular weight excluding hydrogens is 333 g/mol. The molecule has 3 atom stereocenters. The van der Waals surface area contributed by atoms with Gasteiger partial charge in [-0.2, -0.15) is 21.6 Å². The van der Waals surface area contributed by atoms with Crippen molar-refractivity contribution in [3.63, 3.8) is 0 Å². The van der Waals surface area contributed by atoms with Crippen LogP contribution in [-0.4, -0.2) is 25.6 Å². The van der Waals surface area contributed by atoms with Gasteiger partial charge >= 0.3 is 15.6 Å². The van der Waals surface area contributed by atoms with E-state index in [0.29, 0.717) is 19.3 Å². The van der Waals surface area contributed by atoms with Crippen LogP contribution in [0.2, 0.25) is 0 Å². The molecule has 0 heterocycles. The number of aliphatic hydroxyl groups is 1. The van der Waals surface area contributed by atoms with Crippen LogP contribution in [0, 0.1) is 17.3 Å². The summed E-state index contributed by atoms with van der Waals surface area (Å²) in [7, 11) is -5.61. The van der Waals surface area contributed by atoms with Crippen LogP contribution in [-0.2, 0) is 14.3 Å². The number of rotatable bonds is 4. The second kappa shape index (κ2) is 7.42. The van der Waals surface area contributed by atoms with Crippen molar-refractivity contribution in [3.8, 4) is 0 Å². The highest BCUT2D eigenvalue weighted by Crippen LogP contribution is 2.57. The van der Waals surface area contributed by atoms with Gasteiger partial charge in [-0.05, 0) is 49.5 Å². The van der Waals surface area contributed by atoms with E-state index in [9.17, 15) is 21.6 Å². The standard InChI is InChI=1S/C13H19F3O4S.C2H6/c1-12-7-2-3-11(20-21(18,19)13(14,15)16)10(12)5-4-9(12)6-8-17;1-2/h3,9-10,17H,2,4-8H2,1H3;1-2H3. The van der Waals surface area contributed by atoms with Gasteiger partial charge in [-0.1, -0.05) is 20.8 Å². The van der Waals surface area contributed by atoms with E-state index in [-0.39, 0.29) is 29.6 Å². The summed E-state index contributed by atoms with van der Waals surface area (Å²) in [5.74, 6) is -0.241. The fourth-order valence-corrected chi connectivity index (χ4v) is 4.25. The molecule has 0 bridgehead atoms. The smallest absolute Gasteiger partial charge is 0.396 e. The fourth-order valence-electron chi connectivity index (χ4n) is 3.72. The second-order valence-corrected chi connectivity index (χ2v) is 7.51. The molecule has 0 aromatic rings. The molecule has 8 heteroatoms. The molecule has 0 radical (unpaired) electrons. The van der Waals surface area contributed by atoms with Crippen LogP contribution in [0.3, 0.4) is 0 Å². The van der Waals surface area contributed by atoms with E-state index >= 15 is 0 Å². The molecular formula is C15H25F3O4S. The van der Waals surface area contributed by atoms with Gasteiger partial charge in [-0.25, -0.2) is 0 Å². The van der Waals surface area contributed by atoms with Gasteiger partial charge in [-0.3, -0.25) is 0 Å². The fraction of sp³-hybridized carbons (Fsp3) is 0.867. The van der Waals surface area contributed by atoms with Crippen molar-refractivity contribution in [3.05, 3.63) is 11.8 Å². The minimum absolute atomic E-state index is 0.0216. The molecule has 1 N–H and O–H groups in total. The summed E-state index contributed by atoms with van der Waals surface area (Å²) in [6, 6.07) is 0. The van der Waals surface area contributed by atoms with E-state index < -0.39 is 15.6 Å². The van der Waals surface area contributed by atoms with E-state index in [4.69, 9.17) is 5.11 Å². The van der Waals surface area contributed by atoms with Crippen molar-refractivity contribution in [1.82, 2.24) is 0 Å². The zero-order chi connectivity index (χ0) is 17.9. The number of aliphatic hydroxyl groups excluding tert-OH is 1. The molecule has 23 heavy (non-hydrogen) atoms. The van der Waals surface area contributed by atoms with E-state index in [1.807, 2.05) is 20.8 Å². The molecule has 3 unspecified atom stereocenters. The van der Waals surface area contributed by atoms with Crippen molar-refractivity contribution in [2.24, 2.45) is 17.3 Å². The van der Waals surface area contributed by atoms with Crippen molar-refractivity contribution in [2.45, 2.75) is 58.4 Å². The normalized spacial score (nSPS) is 30.8. The largest absolute Gasteiger partial charge is 0.534 e. The van der Waals surface area contributed by atoms with Crippen molar-refractivity contribution in [2.75, 3.05) is 6.61 Å². The third kappa shape index (κ3) is 4.02. The predicted octanol–water partition coefficient (Wildman–Crippen LogP) is 3.97. The monoisotopic (exact) mass is 358 g/mol. The Balaban J connectivity index is 0.00000127. The summed E-state index contributed by atoms with van der Waals surface area (Å²) in [5, 5.41) is 9.10. The summed E-state index contributed by atoms with van der Waals surface area (Å²) in [6.45, 7) is 5.97. The number of hydrogen-bond acceptors (Lipinski definition) is 4. The lowest BCUT2D eigenvalue weighted by Gasteiger charge is -2.40. The van der Waals surface area contributed by atoms with E-state index in [1.165, 1.54) is 6.08 Å². The van der Waals surface area contributed by atoms with Gasteiger partial charge in [-0.15, -0.1) is 0 Å². The van der Waals surface area contributed by atoms with Gasteiger partial charge in [0.2, 0.25) is 0 Å². The molecule has 0 spiro atoms. The Bertz CT molecular complexity index is 527. The quantitative estimate of drug-likeness (QED) is 0.610. The Hall–Kier alpha value is -0.760. The summed E-state index contributed by atoms with van der Waals surface area (Å²) in [6.07, 6.45) is 4.62. The number of alkyl halides is 3. The lowest BCUT2D eigenvalue weighted by atomic mass is 9.66. The van der Waals surface area contributed by atoms with Gasteiger partial charge < -0.3 is 9.29 Å². The summed E-state index contributed by atoms with van der Waals surface area (Å²) >= 11 is 0. The highest BCUT2D eigenvalue weighted by molar-refractivity contribution is 7.87. The van der Waals surface area contributed by atoms with Crippen molar-refractivity contribution >= 4 is 10.1 Å². The maximum Gasteiger partial charge on any atom is 0.534 e. The number of hydrogen-bond donors (Lipinski definition) is 1. The van der Waals surface area contributed by atoms with Gasteiger partial charge in [0.25, 0.3) is 0 Å². The minimum atomic E-state index is -5.61. The SMILES string of the molecule is CC.CC12CCC=C(OS(=O)(=O)C(F)(F)F)C1CCC2CCO. The number of fused-ring (bicyclic) bond motifs is 1. The first-order valence-electron chi connectivity index (χ1n) is 7.93. The second-order valence-electron chi connectivity index (χ2n) is 5.97. The van der Waals surface area contributed by atoms with Gasteiger partial charge in [0.05, 0.1) is 0 Å². The number of allylic oxidation sites excluding steroid dienone is 2. The van der Waals surface area contributed by atoms with Crippen LogP contribution in [0.5, 0.6) is 0 Å². The van der Waals surface area contributed by atoms with Crippen molar-refractivity contribution in [1.29, 1.82) is 0 Å². The molecule has 0 saturated heterocycles. The van der Waals surface area contributed by atoms with Gasteiger partial charge in [0.15, 0.2) is 0 Å². The Morgan fingerprint density at radius 1 is 1.35 bits per heavy atom. The Morgan fingerprint density at radius 3 is 2.48 bits per heavy atom. The van der Waals surface area contributed by atoms with Crippen LogP contribution in [0.4, 0.5) is 13.2 Å². The zero-order valence-electron chi connectivity index (χ0n) is 13.7. The van der Waals surface area contributed by atoms with Crippen LogP contribution < -0.4 is 0 Å². The highest BCUT2D eigenvalue weighted by Gasteiger charge is 2.53. The topological polar surface area (TPSA) is 63.6 Å². The molecule has 0 aromatic carbocycles. The van der Waals surface area contributed by atoms with E-state index in [1.54, 1.807) is 0 Å². The zero-order valence-corrected chi connectivity index (χ0v) is 14.5. The first-order chi connectivity index (χ1) is 10.6. The molecule has 2 aliphatic rings. The van der Waals surface area contributed by atoms with Crippen molar-refractivity contribution < 1.29 is 30.9 Å². The maximum atomic E-state index is 12.5. The van der Waals surface area contributed by atoms with E-state index in [0.717, 1.165) is 12.8 Å². The lowest BCUT2D eigenvalue weighted by Crippen LogP contribution is -2.35. The highest BCUT2D eigenvalue weighted by atomic mass is 32.2. The van der Waals surface area contributed by atoms with Crippen LogP contribution in [0.15, 0.2) is 11.8 Å². The predicted molar refractivity (Wildman–Crippen MR) is 80.7 cm³/mol. The molecule has 0 aromatic heterocycles. The first kappa shape index (κ1) is 20.3.